The Labute approximate surface area is 145 Å². The highest BCUT2D eigenvalue weighted by molar-refractivity contribution is 6.30. The first-order valence-corrected chi connectivity index (χ1v) is 7.84. The van der Waals surface area contributed by atoms with E-state index in [2.05, 4.69) is 5.32 Å². The number of amides is 1. The fraction of sp³-hybridized carbons (Fsp3) is 0.222. The fourth-order valence-corrected chi connectivity index (χ4v) is 2.32. The Balaban J connectivity index is 1.89. The Hall–Kier alpha value is -2.53. The molecule has 6 heteroatoms. The number of nitrogens with zero attached hydrogens (tertiary/aromatic N) is 1. The number of carbonyl (C=O) groups excluding carboxylic acids is 1. The van der Waals surface area contributed by atoms with Crippen LogP contribution in [0.1, 0.15) is 11.3 Å². The van der Waals surface area contributed by atoms with Gasteiger partial charge in [-0.1, -0.05) is 23.7 Å². The first kappa shape index (κ1) is 17.8. The second kappa shape index (κ2) is 8.36. The zero-order chi connectivity index (χ0) is 17.5. The third-order valence-electron chi connectivity index (χ3n) is 3.48. The molecule has 2 rings (SSSR count). The molecule has 0 unspecified atom stereocenters. The molecule has 0 aliphatic carbocycles. The Morgan fingerprint density at radius 3 is 2.62 bits per heavy atom. The average molecular weight is 347 g/mol. The number of pyridine rings is 1. The summed E-state index contributed by atoms with van der Waals surface area (Å²) in [6.45, 7) is 2.58. The molecule has 24 heavy (non-hydrogen) atoms. The van der Waals surface area contributed by atoms with Crippen molar-refractivity contribution in [2.75, 3.05) is 13.7 Å². The van der Waals surface area contributed by atoms with Crippen LogP contribution in [0.2, 0.25) is 5.02 Å². The van der Waals surface area contributed by atoms with Crippen molar-refractivity contribution in [1.82, 2.24) is 9.88 Å². The highest BCUT2D eigenvalue weighted by atomic mass is 35.5. The summed E-state index contributed by atoms with van der Waals surface area (Å²) < 4.78 is 6.64. The summed E-state index contributed by atoms with van der Waals surface area (Å²) in [7, 11) is 1.52. The first-order chi connectivity index (χ1) is 11.5. The van der Waals surface area contributed by atoms with Gasteiger partial charge >= 0.3 is 0 Å². The maximum Gasteiger partial charge on any atom is 0.254 e. The van der Waals surface area contributed by atoms with Gasteiger partial charge in [0.25, 0.3) is 5.56 Å². The van der Waals surface area contributed by atoms with Gasteiger partial charge in [0.2, 0.25) is 5.91 Å². The quantitative estimate of drug-likeness (QED) is 0.818. The lowest BCUT2D eigenvalue weighted by molar-refractivity contribution is -0.116. The zero-order valence-corrected chi connectivity index (χ0v) is 14.3. The van der Waals surface area contributed by atoms with E-state index in [0.717, 1.165) is 11.3 Å². The van der Waals surface area contributed by atoms with E-state index in [9.17, 15) is 9.59 Å². The molecule has 1 N–H and O–H groups in total. The third kappa shape index (κ3) is 4.99. The number of carbonyl (C=O) groups is 1. The number of ether oxygens (including phenoxy) is 1. The van der Waals surface area contributed by atoms with Crippen molar-refractivity contribution in [2.45, 2.75) is 13.5 Å². The van der Waals surface area contributed by atoms with E-state index < -0.39 is 0 Å². The van der Waals surface area contributed by atoms with Crippen molar-refractivity contribution in [2.24, 2.45) is 0 Å². The van der Waals surface area contributed by atoms with E-state index in [1.807, 2.05) is 19.1 Å². The molecule has 0 spiro atoms. The number of hydrogen-bond donors (Lipinski definition) is 1. The van der Waals surface area contributed by atoms with Crippen molar-refractivity contribution in [3.05, 3.63) is 69.1 Å². The zero-order valence-electron chi connectivity index (χ0n) is 13.6. The number of nitrogens with one attached hydrogen (secondary N) is 1. The molecule has 2 aromatic rings. The SMILES string of the molecule is COc1cc(C)n(CCNC(=O)C=Cc2ccc(Cl)cc2)c(=O)c1. The lowest BCUT2D eigenvalue weighted by atomic mass is 10.2. The molecule has 0 bridgehead atoms. The molecule has 0 aliphatic heterocycles. The minimum Gasteiger partial charge on any atom is -0.496 e. The average Bonchev–Trinajstić information content (AvgIpc) is 2.56. The predicted octanol–water partition coefficient (Wildman–Crippen LogP) is 2.65. The standard InChI is InChI=1S/C18H19ClN2O3/c1-13-11-16(24-2)12-18(23)21(13)10-9-20-17(22)8-5-14-3-6-15(19)7-4-14/h3-8,11-12H,9-10H2,1-2H3,(H,20,22). The summed E-state index contributed by atoms with van der Waals surface area (Å²) in [4.78, 5) is 23.8. The fourth-order valence-electron chi connectivity index (χ4n) is 2.20. The number of hydrogen-bond acceptors (Lipinski definition) is 3. The van der Waals surface area contributed by atoms with Gasteiger partial charge in [-0.3, -0.25) is 9.59 Å². The third-order valence-corrected chi connectivity index (χ3v) is 3.73. The molecule has 0 saturated heterocycles. The van der Waals surface area contributed by atoms with Gasteiger partial charge in [-0.15, -0.1) is 0 Å². The van der Waals surface area contributed by atoms with Crippen LogP contribution < -0.4 is 15.6 Å². The van der Waals surface area contributed by atoms with Gasteiger partial charge in [-0.05, 0) is 36.8 Å². The van der Waals surface area contributed by atoms with Gasteiger partial charge in [0.05, 0.1) is 7.11 Å². The van der Waals surface area contributed by atoms with Gasteiger partial charge < -0.3 is 14.6 Å². The Morgan fingerprint density at radius 2 is 2.00 bits per heavy atom. The lowest BCUT2D eigenvalue weighted by Gasteiger charge is -2.11. The maximum atomic E-state index is 12.0. The van der Waals surface area contributed by atoms with Crippen LogP contribution in [-0.4, -0.2) is 24.1 Å². The summed E-state index contributed by atoms with van der Waals surface area (Å²) >= 11 is 5.81. The second-order valence-corrected chi connectivity index (χ2v) is 5.64. The van der Waals surface area contributed by atoms with Crippen molar-refractivity contribution < 1.29 is 9.53 Å². The molecular weight excluding hydrogens is 328 g/mol. The first-order valence-electron chi connectivity index (χ1n) is 7.46. The second-order valence-electron chi connectivity index (χ2n) is 5.20. The number of aromatic nitrogens is 1. The monoisotopic (exact) mass is 346 g/mol. The molecule has 0 radical (unpaired) electrons. The molecule has 0 aliphatic rings. The maximum absolute atomic E-state index is 12.0. The van der Waals surface area contributed by atoms with Crippen molar-refractivity contribution >= 4 is 23.6 Å². The highest BCUT2D eigenvalue weighted by Gasteiger charge is 2.04. The van der Waals surface area contributed by atoms with E-state index in [1.54, 1.807) is 28.8 Å². The predicted molar refractivity (Wildman–Crippen MR) is 95.5 cm³/mol. The van der Waals surface area contributed by atoms with Crippen LogP contribution in [0, 0.1) is 6.92 Å². The van der Waals surface area contributed by atoms with Gasteiger partial charge in [-0.25, -0.2) is 0 Å². The topological polar surface area (TPSA) is 60.3 Å². The smallest absolute Gasteiger partial charge is 0.254 e. The normalized spacial score (nSPS) is 10.8. The number of aryl methyl sites for hydroxylation is 1. The van der Waals surface area contributed by atoms with E-state index in [-0.39, 0.29) is 11.5 Å². The van der Waals surface area contributed by atoms with Gasteiger partial charge in [0.15, 0.2) is 0 Å². The molecule has 1 aromatic carbocycles. The van der Waals surface area contributed by atoms with Crippen LogP contribution in [-0.2, 0) is 11.3 Å². The van der Waals surface area contributed by atoms with Crippen LogP contribution in [0.25, 0.3) is 6.08 Å². The van der Waals surface area contributed by atoms with Crippen LogP contribution in [0.15, 0.2) is 47.3 Å². The van der Waals surface area contributed by atoms with Crippen LogP contribution in [0.5, 0.6) is 5.75 Å². The largest absolute Gasteiger partial charge is 0.496 e. The van der Waals surface area contributed by atoms with Crippen LogP contribution in [0.4, 0.5) is 0 Å². The summed E-state index contributed by atoms with van der Waals surface area (Å²) in [5.74, 6) is 0.313. The van der Waals surface area contributed by atoms with Crippen molar-refractivity contribution in [3.8, 4) is 5.75 Å². The molecule has 1 aromatic heterocycles. The Morgan fingerprint density at radius 1 is 1.29 bits per heavy atom. The summed E-state index contributed by atoms with van der Waals surface area (Å²) in [5, 5.41) is 3.40. The molecule has 1 heterocycles. The number of benzene rings is 1. The molecule has 0 saturated carbocycles. The van der Waals surface area contributed by atoms with Gasteiger partial charge in [-0.2, -0.15) is 0 Å². The van der Waals surface area contributed by atoms with E-state index >= 15 is 0 Å². The van der Waals surface area contributed by atoms with Crippen molar-refractivity contribution in [3.63, 3.8) is 0 Å². The summed E-state index contributed by atoms with van der Waals surface area (Å²) in [6, 6.07) is 10.4. The van der Waals surface area contributed by atoms with Gasteiger partial charge in [0, 0.05) is 35.9 Å². The molecule has 1 amide bonds. The van der Waals surface area contributed by atoms with E-state index in [4.69, 9.17) is 16.3 Å². The Kier molecular flexibility index (Phi) is 6.21. The summed E-state index contributed by atoms with van der Waals surface area (Å²) in [5.41, 5.74) is 1.51. The minimum atomic E-state index is -0.218. The van der Waals surface area contributed by atoms with Crippen LogP contribution in [0.3, 0.4) is 0 Å². The minimum absolute atomic E-state index is 0.155. The number of methoxy groups -OCH3 is 1. The van der Waals surface area contributed by atoms with E-state index in [0.29, 0.717) is 23.9 Å². The van der Waals surface area contributed by atoms with Crippen molar-refractivity contribution in [1.29, 1.82) is 0 Å². The molecule has 0 atom stereocenters. The number of halogens is 1. The molecule has 5 nitrogen and oxygen atoms in total. The number of rotatable bonds is 6. The van der Waals surface area contributed by atoms with Gasteiger partial charge in [0.1, 0.15) is 5.75 Å². The molecular formula is C18H19ClN2O3. The van der Waals surface area contributed by atoms with E-state index in [1.165, 1.54) is 19.3 Å². The molecule has 126 valence electrons. The summed E-state index contributed by atoms with van der Waals surface area (Å²) in [6.07, 6.45) is 3.16. The molecule has 0 fully saturated rings. The lowest BCUT2D eigenvalue weighted by Crippen LogP contribution is -2.30. The highest BCUT2D eigenvalue weighted by Crippen LogP contribution is 2.10. The van der Waals surface area contributed by atoms with Crippen LogP contribution >= 0.6 is 11.6 Å². The Bertz CT molecular complexity index is 795.